The Hall–Kier alpha value is -0.480. The minimum absolute atomic E-state index is 0.0370. The van der Waals surface area contributed by atoms with Gasteiger partial charge in [0, 0.05) is 18.0 Å². The Morgan fingerprint density at radius 1 is 1.39 bits per heavy atom. The Morgan fingerprint density at radius 2 is 2.11 bits per heavy atom. The molecule has 0 aromatic heterocycles. The molecule has 4 heteroatoms. The standard InChI is InChI=1S/C14H17BrF2O/c1-18-14(5-2-6-14)9-11(15)7-10-3-4-12(16)8-13(10)17/h3-4,8,11H,2,5-7,9H2,1H3. The first-order valence-electron chi connectivity index (χ1n) is 6.18. The van der Waals surface area contributed by atoms with Crippen LogP contribution < -0.4 is 0 Å². The quantitative estimate of drug-likeness (QED) is 0.738. The highest BCUT2D eigenvalue weighted by Gasteiger charge is 2.38. The largest absolute Gasteiger partial charge is 0.378 e. The van der Waals surface area contributed by atoms with Crippen molar-refractivity contribution >= 4 is 15.9 Å². The highest BCUT2D eigenvalue weighted by atomic mass is 79.9. The normalized spacial score (nSPS) is 19.3. The first kappa shape index (κ1) is 13.9. The van der Waals surface area contributed by atoms with E-state index in [-0.39, 0.29) is 10.4 Å². The van der Waals surface area contributed by atoms with E-state index in [2.05, 4.69) is 15.9 Å². The maximum Gasteiger partial charge on any atom is 0.129 e. The molecule has 0 N–H and O–H groups in total. The van der Waals surface area contributed by atoms with Crippen LogP contribution in [0.5, 0.6) is 0 Å². The molecule has 1 fully saturated rings. The monoisotopic (exact) mass is 318 g/mol. The molecule has 100 valence electrons. The second kappa shape index (κ2) is 5.66. The third kappa shape index (κ3) is 3.09. The number of methoxy groups -OCH3 is 1. The Bertz CT molecular complexity index is 413. The van der Waals surface area contributed by atoms with Gasteiger partial charge in [0.1, 0.15) is 11.6 Å². The molecule has 1 aromatic carbocycles. The van der Waals surface area contributed by atoms with Gasteiger partial charge in [0.15, 0.2) is 0 Å². The summed E-state index contributed by atoms with van der Waals surface area (Å²) in [4.78, 5) is 0.151. The average molecular weight is 319 g/mol. The molecule has 0 spiro atoms. The summed E-state index contributed by atoms with van der Waals surface area (Å²) in [7, 11) is 1.73. The van der Waals surface area contributed by atoms with E-state index >= 15 is 0 Å². The van der Waals surface area contributed by atoms with Crippen molar-refractivity contribution in [2.45, 2.75) is 42.5 Å². The molecule has 1 unspecified atom stereocenters. The van der Waals surface area contributed by atoms with E-state index < -0.39 is 11.6 Å². The van der Waals surface area contributed by atoms with Crippen LogP contribution in [0.1, 0.15) is 31.2 Å². The van der Waals surface area contributed by atoms with E-state index in [1.807, 2.05) is 0 Å². The molecule has 0 aliphatic heterocycles. The number of hydrogen-bond donors (Lipinski definition) is 0. The van der Waals surface area contributed by atoms with Crippen molar-refractivity contribution in [1.82, 2.24) is 0 Å². The predicted octanol–water partition coefficient (Wildman–Crippen LogP) is 4.23. The summed E-state index contributed by atoms with van der Waals surface area (Å²) in [6, 6.07) is 3.75. The molecule has 0 heterocycles. The lowest BCUT2D eigenvalue weighted by molar-refractivity contribution is -0.0771. The van der Waals surface area contributed by atoms with Crippen LogP contribution in [0.25, 0.3) is 0 Å². The minimum atomic E-state index is -0.533. The van der Waals surface area contributed by atoms with Crippen molar-refractivity contribution in [2.24, 2.45) is 0 Å². The molecule has 0 saturated heterocycles. The van der Waals surface area contributed by atoms with E-state index in [0.29, 0.717) is 12.0 Å². The molecule has 2 rings (SSSR count). The summed E-state index contributed by atoms with van der Waals surface area (Å²) in [5.41, 5.74) is 0.508. The van der Waals surface area contributed by atoms with Crippen LogP contribution in [-0.4, -0.2) is 17.5 Å². The summed E-state index contributed by atoms with van der Waals surface area (Å²) >= 11 is 3.58. The summed E-state index contributed by atoms with van der Waals surface area (Å²) < 4.78 is 31.9. The second-order valence-electron chi connectivity index (χ2n) is 4.98. The molecular weight excluding hydrogens is 302 g/mol. The zero-order valence-corrected chi connectivity index (χ0v) is 12.0. The summed E-state index contributed by atoms with van der Waals surface area (Å²) in [6.45, 7) is 0. The zero-order valence-electron chi connectivity index (χ0n) is 10.4. The minimum Gasteiger partial charge on any atom is -0.378 e. The number of hydrogen-bond acceptors (Lipinski definition) is 1. The van der Waals surface area contributed by atoms with Crippen LogP contribution in [0.3, 0.4) is 0 Å². The fraction of sp³-hybridized carbons (Fsp3) is 0.571. The number of halogens is 3. The van der Waals surface area contributed by atoms with Crippen molar-refractivity contribution in [3.8, 4) is 0 Å². The van der Waals surface area contributed by atoms with Crippen LogP contribution >= 0.6 is 15.9 Å². The molecule has 1 aromatic rings. The van der Waals surface area contributed by atoms with Gasteiger partial charge in [-0.15, -0.1) is 0 Å². The van der Waals surface area contributed by atoms with E-state index in [1.165, 1.54) is 18.6 Å². The maximum absolute atomic E-state index is 13.5. The van der Waals surface area contributed by atoms with E-state index in [9.17, 15) is 8.78 Å². The Labute approximate surface area is 115 Å². The highest BCUT2D eigenvalue weighted by molar-refractivity contribution is 9.09. The van der Waals surface area contributed by atoms with Gasteiger partial charge < -0.3 is 4.74 Å². The topological polar surface area (TPSA) is 9.23 Å². The first-order valence-corrected chi connectivity index (χ1v) is 7.09. The van der Waals surface area contributed by atoms with Crippen molar-refractivity contribution in [1.29, 1.82) is 0 Å². The van der Waals surface area contributed by atoms with Gasteiger partial charge in [-0.3, -0.25) is 0 Å². The zero-order chi connectivity index (χ0) is 13.2. The van der Waals surface area contributed by atoms with Gasteiger partial charge in [-0.25, -0.2) is 8.78 Å². The first-order chi connectivity index (χ1) is 8.54. The fourth-order valence-corrected chi connectivity index (χ4v) is 3.40. The maximum atomic E-state index is 13.5. The van der Waals surface area contributed by atoms with E-state index in [4.69, 9.17) is 4.74 Å². The molecule has 1 nitrogen and oxygen atoms in total. The van der Waals surface area contributed by atoms with Crippen LogP contribution in [0.15, 0.2) is 18.2 Å². The van der Waals surface area contributed by atoms with Crippen LogP contribution in [0, 0.1) is 11.6 Å². The van der Waals surface area contributed by atoms with Crippen LogP contribution in [0.2, 0.25) is 0 Å². The van der Waals surface area contributed by atoms with Gasteiger partial charge in [-0.2, -0.15) is 0 Å². The molecule has 18 heavy (non-hydrogen) atoms. The predicted molar refractivity (Wildman–Crippen MR) is 71.0 cm³/mol. The average Bonchev–Trinajstić information content (AvgIpc) is 2.27. The van der Waals surface area contributed by atoms with Crippen molar-refractivity contribution in [2.75, 3.05) is 7.11 Å². The molecule has 1 atom stereocenters. The van der Waals surface area contributed by atoms with Gasteiger partial charge in [0.25, 0.3) is 0 Å². The number of benzene rings is 1. The van der Waals surface area contributed by atoms with Gasteiger partial charge in [-0.05, 0) is 43.7 Å². The highest BCUT2D eigenvalue weighted by Crippen LogP contribution is 2.40. The molecule has 1 aliphatic rings. The van der Waals surface area contributed by atoms with Crippen LogP contribution in [0.4, 0.5) is 8.78 Å². The van der Waals surface area contributed by atoms with Crippen molar-refractivity contribution in [3.05, 3.63) is 35.4 Å². The Morgan fingerprint density at radius 3 is 2.61 bits per heavy atom. The fourth-order valence-electron chi connectivity index (χ4n) is 2.46. The number of rotatable bonds is 5. The van der Waals surface area contributed by atoms with E-state index in [0.717, 1.165) is 25.3 Å². The second-order valence-corrected chi connectivity index (χ2v) is 6.28. The molecule has 0 amide bonds. The summed E-state index contributed by atoms with van der Waals surface area (Å²) in [6.07, 6.45) is 4.74. The van der Waals surface area contributed by atoms with Gasteiger partial charge in [0.2, 0.25) is 0 Å². The molecule has 1 aliphatic carbocycles. The van der Waals surface area contributed by atoms with Gasteiger partial charge in [-0.1, -0.05) is 22.0 Å². The van der Waals surface area contributed by atoms with Crippen molar-refractivity contribution in [3.63, 3.8) is 0 Å². The van der Waals surface area contributed by atoms with Crippen LogP contribution in [-0.2, 0) is 11.2 Å². The summed E-state index contributed by atoms with van der Waals surface area (Å²) in [5, 5.41) is 0. The Balaban J connectivity index is 1.96. The SMILES string of the molecule is COC1(CC(Br)Cc2ccc(F)cc2F)CCC1. The molecule has 0 bridgehead atoms. The molecule has 0 radical (unpaired) electrons. The number of alkyl halides is 1. The molecular formula is C14H17BrF2O. The lowest BCUT2D eigenvalue weighted by Gasteiger charge is -2.42. The van der Waals surface area contributed by atoms with Gasteiger partial charge >= 0.3 is 0 Å². The lowest BCUT2D eigenvalue weighted by atomic mass is 9.76. The third-order valence-electron chi connectivity index (χ3n) is 3.75. The smallest absolute Gasteiger partial charge is 0.129 e. The lowest BCUT2D eigenvalue weighted by Crippen LogP contribution is -2.41. The Kier molecular flexibility index (Phi) is 4.38. The summed E-state index contributed by atoms with van der Waals surface area (Å²) in [5.74, 6) is -1.01. The number of ether oxygens (including phenoxy) is 1. The third-order valence-corrected chi connectivity index (χ3v) is 4.40. The van der Waals surface area contributed by atoms with E-state index in [1.54, 1.807) is 7.11 Å². The molecule has 1 saturated carbocycles. The van der Waals surface area contributed by atoms with Gasteiger partial charge in [0.05, 0.1) is 5.60 Å². The van der Waals surface area contributed by atoms with Crippen molar-refractivity contribution < 1.29 is 13.5 Å².